The Bertz CT molecular complexity index is 1010. The molecule has 5 nitrogen and oxygen atoms in total. The molecular formula is C18H12Cl2N4O. The maximum Gasteiger partial charge on any atom is 0.249 e. The Labute approximate surface area is 153 Å². The second-order valence-corrected chi connectivity index (χ2v) is 6.23. The van der Waals surface area contributed by atoms with Crippen molar-refractivity contribution in [2.45, 2.75) is 6.54 Å². The van der Waals surface area contributed by atoms with Crippen LogP contribution in [0.5, 0.6) is 0 Å². The fraction of sp³-hybridized carbons (Fsp3) is 0.0556. The maximum atomic E-state index is 6.17. The van der Waals surface area contributed by atoms with Crippen molar-refractivity contribution in [2.75, 3.05) is 0 Å². The second kappa shape index (κ2) is 6.70. The topological polar surface area (TPSA) is 56.7 Å². The minimum absolute atomic E-state index is 0.354. The second-order valence-electron chi connectivity index (χ2n) is 5.39. The van der Waals surface area contributed by atoms with Crippen LogP contribution in [0.1, 0.15) is 5.89 Å². The number of aromatic nitrogens is 4. The Hall–Kier alpha value is -2.63. The molecule has 0 aliphatic heterocycles. The van der Waals surface area contributed by atoms with Crippen molar-refractivity contribution in [3.05, 3.63) is 76.7 Å². The summed E-state index contributed by atoms with van der Waals surface area (Å²) in [5.41, 5.74) is 2.59. The van der Waals surface area contributed by atoms with Gasteiger partial charge in [-0.15, -0.1) is 10.2 Å². The van der Waals surface area contributed by atoms with E-state index < -0.39 is 0 Å². The zero-order valence-electron chi connectivity index (χ0n) is 12.9. The molecule has 25 heavy (non-hydrogen) atoms. The number of rotatable bonds is 4. The molecule has 2 aromatic heterocycles. The highest BCUT2D eigenvalue weighted by molar-refractivity contribution is 6.36. The van der Waals surface area contributed by atoms with Gasteiger partial charge in [0.2, 0.25) is 11.8 Å². The zero-order valence-corrected chi connectivity index (χ0v) is 14.4. The average molecular weight is 371 g/mol. The van der Waals surface area contributed by atoms with Crippen molar-refractivity contribution >= 4 is 23.2 Å². The summed E-state index contributed by atoms with van der Waals surface area (Å²) in [4.78, 5) is 0. The van der Waals surface area contributed by atoms with Crippen molar-refractivity contribution in [3.8, 4) is 22.7 Å². The van der Waals surface area contributed by atoms with Gasteiger partial charge in [0.15, 0.2) is 0 Å². The third kappa shape index (κ3) is 3.43. The molecule has 0 amide bonds. The number of hydrogen-bond acceptors (Lipinski definition) is 4. The van der Waals surface area contributed by atoms with Gasteiger partial charge in [-0.25, -0.2) is 0 Å². The van der Waals surface area contributed by atoms with E-state index in [9.17, 15) is 0 Å². The first-order valence-corrected chi connectivity index (χ1v) is 8.31. The van der Waals surface area contributed by atoms with Crippen LogP contribution in [-0.2, 0) is 6.54 Å². The molecule has 0 saturated heterocycles. The summed E-state index contributed by atoms with van der Waals surface area (Å²) in [6.45, 7) is 0.380. The number of halogens is 2. The van der Waals surface area contributed by atoms with Crippen LogP contribution in [0.4, 0.5) is 0 Å². The minimum Gasteiger partial charge on any atom is -0.419 e. The summed E-state index contributed by atoms with van der Waals surface area (Å²) in [5.74, 6) is 0.802. The van der Waals surface area contributed by atoms with E-state index in [2.05, 4.69) is 15.3 Å². The fourth-order valence-corrected chi connectivity index (χ4v) is 2.93. The van der Waals surface area contributed by atoms with E-state index in [-0.39, 0.29) is 0 Å². The van der Waals surface area contributed by atoms with Crippen molar-refractivity contribution < 1.29 is 4.42 Å². The van der Waals surface area contributed by atoms with Gasteiger partial charge in [0.1, 0.15) is 6.54 Å². The normalized spacial score (nSPS) is 11.0. The molecule has 0 atom stereocenters. The Morgan fingerprint density at radius 2 is 1.80 bits per heavy atom. The third-order valence-corrected chi connectivity index (χ3v) is 4.18. The molecule has 7 heteroatoms. The predicted molar refractivity (Wildman–Crippen MR) is 96.5 cm³/mol. The van der Waals surface area contributed by atoms with Gasteiger partial charge in [0.05, 0.1) is 16.3 Å². The summed E-state index contributed by atoms with van der Waals surface area (Å²) in [7, 11) is 0. The number of nitrogens with zero attached hydrogens (tertiary/aromatic N) is 4. The fourth-order valence-electron chi connectivity index (χ4n) is 2.44. The smallest absolute Gasteiger partial charge is 0.249 e. The van der Waals surface area contributed by atoms with Gasteiger partial charge in [-0.1, -0.05) is 53.5 Å². The molecule has 0 aliphatic carbocycles. The molecule has 0 spiro atoms. The molecule has 124 valence electrons. The molecule has 4 aromatic rings. The largest absolute Gasteiger partial charge is 0.419 e. The Balaban J connectivity index is 1.55. The summed E-state index contributed by atoms with van der Waals surface area (Å²) >= 11 is 12.1. The highest BCUT2D eigenvalue weighted by Gasteiger charge is 2.13. The van der Waals surface area contributed by atoms with Crippen LogP contribution >= 0.6 is 23.2 Å². The summed E-state index contributed by atoms with van der Waals surface area (Å²) in [6, 6.07) is 17.0. The van der Waals surface area contributed by atoms with Crippen LogP contribution in [0.2, 0.25) is 10.0 Å². The van der Waals surface area contributed by atoms with Gasteiger partial charge in [-0.2, -0.15) is 5.10 Å². The maximum absolute atomic E-state index is 6.17. The average Bonchev–Trinajstić information content (AvgIpc) is 3.26. The first kappa shape index (κ1) is 15.9. The molecule has 4 rings (SSSR count). The van der Waals surface area contributed by atoms with Crippen LogP contribution < -0.4 is 0 Å². The monoisotopic (exact) mass is 370 g/mol. The Morgan fingerprint density at radius 1 is 0.960 bits per heavy atom. The van der Waals surface area contributed by atoms with Crippen molar-refractivity contribution in [1.29, 1.82) is 0 Å². The SMILES string of the molecule is Clc1ccc(-c2nnc(Cn3ccc(-c4ccccc4)n3)o2)c(Cl)c1. The summed E-state index contributed by atoms with van der Waals surface area (Å²) in [5, 5.41) is 13.7. The predicted octanol–water partition coefficient (Wildman–Crippen LogP) is 4.96. The molecule has 0 aliphatic rings. The standard InChI is InChI=1S/C18H12Cl2N4O/c19-13-6-7-14(15(20)10-13)18-22-21-17(25-18)11-24-9-8-16(23-24)12-4-2-1-3-5-12/h1-10H,11H2. The lowest BCUT2D eigenvalue weighted by atomic mass is 10.2. The minimum atomic E-state index is 0.354. The van der Waals surface area contributed by atoms with Gasteiger partial charge in [0.25, 0.3) is 0 Å². The molecule has 2 heterocycles. The van der Waals surface area contributed by atoms with Gasteiger partial charge in [0, 0.05) is 16.8 Å². The lowest BCUT2D eigenvalue weighted by molar-refractivity contribution is 0.474. The molecular weight excluding hydrogens is 359 g/mol. The van der Waals surface area contributed by atoms with Gasteiger partial charge >= 0.3 is 0 Å². The summed E-state index contributed by atoms with van der Waals surface area (Å²) in [6.07, 6.45) is 1.88. The van der Waals surface area contributed by atoms with E-state index in [1.807, 2.05) is 42.6 Å². The van der Waals surface area contributed by atoms with Crippen LogP contribution in [0, 0.1) is 0 Å². The van der Waals surface area contributed by atoms with Crippen LogP contribution in [0.3, 0.4) is 0 Å². The molecule has 0 fully saturated rings. The van der Waals surface area contributed by atoms with Gasteiger partial charge < -0.3 is 4.42 Å². The Kier molecular flexibility index (Phi) is 4.26. The van der Waals surface area contributed by atoms with Crippen molar-refractivity contribution in [1.82, 2.24) is 20.0 Å². The van der Waals surface area contributed by atoms with Gasteiger partial charge in [-0.05, 0) is 24.3 Å². The first-order chi connectivity index (χ1) is 12.2. The third-order valence-electron chi connectivity index (χ3n) is 3.64. The summed E-state index contributed by atoms with van der Waals surface area (Å²) < 4.78 is 7.45. The highest BCUT2D eigenvalue weighted by Crippen LogP contribution is 2.29. The molecule has 2 aromatic carbocycles. The highest BCUT2D eigenvalue weighted by atomic mass is 35.5. The molecule has 0 saturated carbocycles. The van der Waals surface area contributed by atoms with Crippen LogP contribution in [0.25, 0.3) is 22.7 Å². The van der Waals surface area contributed by atoms with E-state index in [1.54, 1.807) is 22.9 Å². The van der Waals surface area contributed by atoms with Crippen LogP contribution in [0.15, 0.2) is 65.2 Å². The first-order valence-electron chi connectivity index (χ1n) is 7.56. The van der Waals surface area contributed by atoms with E-state index >= 15 is 0 Å². The quantitative estimate of drug-likeness (QED) is 0.509. The van der Waals surface area contributed by atoms with Crippen LogP contribution in [-0.4, -0.2) is 20.0 Å². The van der Waals surface area contributed by atoms with E-state index in [1.165, 1.54) is 0 Å². The Morgan fingerprint density at radius 3 is 2.60 bits per heavy atom. The van der Waals surface area contributed by atoms with E-state index in [4.69, 9.17) is 27.6 Å². The molecule has 0 N–H and O–H groups in total. The van der Waals surface area contributed by atoms with E-state index in [0.717, 1.165) is 11.3 Å². The van der Waals surface area contributed by atoms with Gasteiger partial charge in [-0.3, -0.25) is 4.68 Å². The molecule has 0 bridgehead atoms. The van der Waals surface area contributed by atoms with Crippen molar-refractivity contribution in [2.24, 2.45) is 0 Å². The van der Waals surface area contributed by atoms with E-state index in [0.29, 0.717) is 33.9 Å². The zero-order chi connectivity index (χ0) is 17.2. The number of benzene rings is 2. The lowest BCUT2D eigenvalue weighted by Crippen LogP contribution is -2.00. The molecule has 0 radical (unpaired) electrons. The van der Waals surface area contributed by atoms with Crippen molar-refractivity contribution in [3.63, 3.8) is 0 Å². The lowest BCUT2D eigenvalue weighted by Gasteiger charge is -1.99. The molecule has 0 unspecified atom stereocenters. The number of hydrogen-bond donors (Lipinski definition) is 0.